The Morgan fingerprint density at radius 3 is 2.21 bits per heavy atom. The second-order valence-electron chi connectivity index (χ2n) is 7.29. The van der Waals surface area contributed by atoms with Gasteiger partial charge in [0.2, 0.25) is 0 Å². The van der Waals surface area contributed by atoms with E-state index in [0.29, 0.717) is 12.0 Å². The number of allylic oxidation sites excluding steroid dienone is 1. The van der Waals surface area contributed by atoms with Crippen molar-refractivity contribution in [2.45, 2.75) is 78.6 Å². The van der Waals surface area contributed by atoms with E-state index in [0.717, 1.165) is 18.4 Å². The number of rotatable bonds is 7. The van der Waals surface area contributed by atoms with Crippen molar-refractivity contribution in [3.63, 3.8) is 0 Å². The second-order valence-corrected chi connectivity index (χ2v) is 12.0. The molecule has 114 valence electrons. The third-order valence-corrected chi connectivity index (χ3v) is 8.71. The maximum absolute atomic E-state index is 9.08. The van der Waals surface area contributed by atoms with Gasteiger partial charge in [0.1, 0.15) is 0 Å². The largest absolute Gasteiger partial charge is 0.414 e. The summed E-state index contributed by atoms with van der Waals surface area (Å²) in [5.74, 6) is 0.460. The highest BCUT2D eigenvalue weighted by atomic mass is 28.4. The molecule has 0 saturated heterocycles. The molecule has 0 spiro atoms. The van der Waals surface area contributed by atoms with Crippen LogP contribution in [0.15, 0.2) is 11.6 Å². The lowest BCUT2D eigenvalue weighted by Crippen LogP contribution is -2.44. The van der Waals surface area contributed by atoms with E-state index in [9.17, 15) is 0 Å². The van der Waals surface area contributed by atoms with Gasteiger partial charge >= 0.3 is 0 Å². The zero-order chi connectivity index (χ0) is 15.3. The van der Waals surface area contributed by atoms with E-state index < -0.39 is 8.32 Å². The van der Waals surface area contributed by atoms with Crippen molar-refractivity contribution >= 4 is 8.32 Å². The van der Waals surface area contributed by atoms with Crippen LogP contribution in [0, 0.1) is 5.92 Å². The lowest BCUT2D eigenvalue weighted by Gasteiger charge is -2.39. The van der Waals surface area contributed by atoms with Gasteiger partial charge in [0.15, 0.2) is 8.32 Å². The fourth-order valence-corrected chi connectivity index (χ4v) is 3.36. The average molecular weight is 287 g/mol. The molecule has 0 heterocycles. The molecule has 0 bridgehead atoms. The molecule has 0 aliphatic rings. The van der Waals surface area contributed by atoms with Crippen molar-refractivity contribution in [1.82, 2.24) is 0 Å². The summed E-state index contributed by atoms with van der Waals surface area (Å²) in [6.07, 6.45) is 4.60. The average Bonchev–Trinajstić information content (AvgIpc) is 2.25. The van der Waals surface area contributed by atoms with Crippen LogP contribution < -0.4 is 0 Å². The third kappa shape index (κ3) is 6.73. The van der Waals surface area contributed by atoms with Gasteiger partial charge in [-0.05, 0) is 43.8 Å². The first kappa shape index (κ1) is 18.9. The minimum Gasteiger partial charge on any atom is -0.414 e. The van der Waals surface area contributed by atoms with E-state index in [1.54, 1.807) is 0 Å². The smallest absolute Gasteiger partial charge is 0.192 e. The van der Waals surface area contributed by atoms with Crippen LogP contribution in [-0.2, 0) is 4.43 Å². The van der Waals surface area contributed by atoms with Gasteiger partial charge in [-0.2, -0.15) is 0 Å². The minimum absolute atomic E-state index is 0.157. The second kappa shape index (κ2) is 7.60. The zero-order valence-electron chi connectivity index (χ0n) is 14.2. The Bertz CT molecular complexity index is 290. The number of hydrogen-bond acceptors (Lipinski definition) is 2. The first-order chi connectivity index (χ1) is 8.53. The summed E-state index contributed by atoms with van der Waals surface area (Å²) in [5, 5.41) is 9.34. The first-order valence-electron chi connectivity index (χ1n) is 7.49. The van der Waals surface area contributed by atoms with Crippen molar-refractivity contribution < 1.29 is 9.53 Å². The Labute approximate surface area is 121 Å². The maximum Gasteiger partial charge on any atom is 0.192 e. The van der Waals surface area contributed by atoms with Gasteiger partial charge < -0.3 is 9.53 Å². The highest BCUT2D eigenvalue weighted by Crippen LogP contribution is 2.38. The van der Waals surface area contributed by atoms with E-state index in [-0.39, 0.29) is 11.6 Å². The summed E-state index contributed by atoms with van der Waals surface area (Å²) in [6, 6.07) is 0. The molecule has 2 atom stereocenters. The molecule has 1 N–H and O–H groups in total. The molecule has 0 aromatic heterocycles. The molecule has 0 amide bonds. The van der Waals surface area contributed by atoms with Crippen LogP contribution in [0.1, 0.15) is 54.4 Å². The van der Waals surface area contributed by atoms with Crippen LogP contribution in [0.3, 0.4) is 0 Å². The zero-order valence-corrected chi connectivity index (χ0v) is 15.2. The maximum atomic E-state index is 9.08. The van der Waals surface area contributed by atoms with Gasteiger partial charge in [-0.15, -0.1) is 0 Å². The topological polar surface area (TPSA) is 29.5 Å². The molecule has 0 aliphatic carbocycles. The van der Waals surface area contributed by atoms with E-state index in [1.165, 1.54) is 0 Å². The summed E-state index contributed by atoms with van der Waals surface area (Å²) < 4.78 is 6.48. The van der Waals surface area contributed by atoms with Crippen molar-refractivity contribution in [2.24, 2.45) is 5.92 Å². The number of hydrogen-bond donors (Lipinski definition) is 1. The van der Waals surface area contributed by atoms with Crippen molar-refractivity contribution in [3.05, 3.63) is 11.6 Å². The third-order valence-electron chi connectivity index (χ3n) is 4.18. The predicted molar refractivity (Wildman–Crippen MR) is 87.0 cm³/mol. The molecule has 0 unspecified atom stereocenters. The van der Waals surface area contributed by atoms with Crippen LogP contribution in [0.2, 0.25) is 18.1 Å². The van der Waals surface area contributed by atoms with Gasteiger partial charge in [0.05, 0.1) is 6.61 Å². The molecule has 0 aromatic carbocycles. The summed E-state index contributed by atoms with van der Waals surface area (Å²) in [4.78, 5) is 0. The van der Waals surface area contributed by atoms with Crippen molar-refractivity contribution in [1.29, 1.82) is 0 Å². The Morgan fingerprint density at radius 1 is 1.32 bits per heavy atom. The quantitative estimate of drug-likeness (QED) is 0.540. The highest BCUT2D eigenvalue weighted by molar-refractivity contribution is 6.74. The fourth-order valence-electron chi connectivity index (χ4n) is 1.91. The van der Waals surface area contributed by atoms with Crippen molar-refractivity contribution in [3.8, 4) is 0 Å². The summed E-state index contributed by atoms with van der Waals surface area (Å²) in [6.45, 7) is 18.0. The van der Waals surface area contributed by atoms with Crippen LogP contribution in [-0.4, -0.2) is 26.1 Å². The molecule has 2 nitrogen and oxygen atoms in total. The Morgan fingerprint density at radius 2 is 1.84 bits per heavy atom. The SMILES string of the molecule is CC[C@H](C[C@H](C)/C=C(\C)CO)O[Si](C)(C)C(C)(C)C. The molecule has 0 saturated carbocycles. The monoisotopic (exact) mass is 286 g/mol. The number of aliphatic hydroxyl groups is 1. The van der Waals surface area contributed by atoms with Gasteiger partial charge in [-0.1, -0.05) is 46.3 Å². The minimum atomic E-state index is -1.67. The molecule has 0 fully saturated rings. The lowest BCUT2D eigenvalue weighted by molar-refractivity contribution is 0.155. The fraction of sp³-hybridized carbons (Fsp3) is 0.875. The van der Waals surface area contributed by atoms with Crippen LogP contribution >= 0.6 is 0 Å². The molecule has 0 radical (unpaired) electrons. The molecule has 0 aliphatic heterocycles. The Kier molecular flexibility index (Phi) is 7.55. The van der Waals surface area contributed by atoms with Crippen LogP contribution in [0.25, 0.3) is 0 Å². The summed E-state index contributed by atoms with van der Waals surface area (Å²) >= 11 is 0. The molecule has 3 heteroatoms. The molecular formula is C16H34O2Si. The van der Waals surface area contributed by atoms with E-state index in [2.05, 4.69) is 53.8 Å². The lowest BCUT2D eigenvalue weighted by atomic mass is 10.00. The van der Waals surface area contributed by atoms with Gasteiger partial charge in [-0.25, -0.2) is 0 Å². The molecule has 0 aromatic rings. The van der Waals surface area contributed by atoms with Crippen molar-refractivity contribution in [2.75, 3.05) is 6.61 Å². The van der Waals surface area contributed by atoms with Gasteiger partial charge in [-0.3, -0.25) is 0 Å². The van der Waals surface area contributed by atoms with Crippen LogP contribution in [0.4, 0.5) is 0 Å². The Balaban J connectivity index is 4.61. The summed E-state index contributed by atoms with van der Waals surface area (Å²) in [7, 11) is -1.67. The van der Waals surface area contributed by atoms with Gasteiger partial charge in [0, 0.05) is 6.10 Å². The number of aliphatic hydroxyl groups excluding tert-OH is 1. The van der Waals surface area contributed by atoms with E-state index in [1.807, 2.05) is 6.92 Å². The molecule has 19 heavy (non-hydrogen) atoms. The van der Waals surface area contributed by atoms with E-state index in [4.69, 9.17) is 9.53 Å². The first-order valence-corrected chi connectivity index (χ1v) is 10.4. The molecule has 0 rings (SSSR count). The molecular weight excluding hydrogens is 252 g/mol. The standard InChI is InChI=1S/C16H34O2Si/c1-9-15(11-13(2)10-14(3)12-17)18-19(7,8)16(4,5)6/h10,13,15,17H,9,11-12H2,1-8H3/b14-10+/t13-,15-/m1/s1. The van der Waals surface area contributed by atoms with Gasteiger partial charge in [0.25, 0.3) is 0 Å². The summed E-state index contributed by atoms with van der Waals surface area (Å²) in [5.41, 5.74) is 1.05. The highest BCUT2D eigenvalue weighted by Gasteiger charge is 2.38. The van der Waals surface area contributed by atoms with Crippen LogP contribution in [0.5, 0.6) is 0 Å². The van der Waals surface area contributed by atoms with E-state index >= 15 is 0 Å². The predicted octanol–water partition coefficient (Wildman–Crippen LogP) is 4.75. The Hall–Kier alpha value is -0.123. The normalized spacial score (nSPS) is 17.4.